The summed E-state index contributed by atoms with van der Waals surface area (Å²) in [6, 6.07) is 17.0. The number of aromatic nitrogens is 2. The number of nitrogens with one attached hydrogen (secondary N) is 1. The normalized spacial score (nSPS) is 11.6. The van der Waals surface area contributed by atoms with Crippen molar-refractivity contribution in [3.05, 3.63) is 94.4 Å². The van der Waals surface area contributed by atoms with Gasteiger partial charge in [-0.3, -0.25) is 9.78 Å². The summed E-state index contributed by atoms with van der Waals surface area (Å²) >= 11 is 0. The maximum absolute atomic E-state index is 12.9. The Hall–Kier alpha value is -3.51. The number of rotatable bonds is 6. The SMILES string of the molecule is Cc1noc2c(Cc3ncccc3C(=O)NCc3ccc(C(C)(C)O)cc3)cccc12. The Bertz CT molecular complexity index is 1220. The zero-order chi connectivity index (χ0) is 22.0. The molecule has 0 aliphatic rings. The highest BCUT2D eigenvalue weighted by molar-refractivity contribution is 5.95. The number of amides is 1. The fourth-order valence-electron chi connectivity index (χ4n) is 3.55. The Morgan fingerprint density at radius 2 is 1.87 bits per heavy atom. The maximum Gasteiger partial charge on any atom is 0.253 e. The number of fused-ring (bicyclic) bond motifs is 1. The van der Waals surface area contributed by atoms with Crippen LogP contribution in [-0.4, -0.2) is 21.2 Å². The fraction of sp³-hybridized carbons (Fsp3) is 0.240. The number of pyridine rings is 1. The Morgan fingerprint density at radius 3 is 2.61 bits per heavy atom. The summed E-state index contributed by atoms with van der Waals surface area (Å²) in [6.45, 7) is 5.78. The molecule has 0 saturated carbocycles. The molecule has 4 rings (SSSR count). The van der Waals surface area contributed by atoms with Crippen LogP contribution in [0.1, 0.15) is 52.3 Å². The van der Waals surface area contributed by atoms with Crippen molar-refractivity contribution in [2.24, 2.45) is 0 Å². The van der Waals surface area contributed by atoms with E-state index >= 15 is 0 Å². The molecular weight excluding hydrogens is 390 g/mol. The van der Waals surface area contributed by atoms with E-state index in [0.717, 1.165) is 33.4 Å². The van der Waals surface area contributed by atoms with Crippen LogP contribution in [0.25, 0.3) is 11.0 Å². The minimum absolute atomic E-state index is 0.185. The quantitative estimate of drug-likeness (QED) is 0.491. The maximum atomic E-state index is 12.9. The van der Waals surface area contributed by atoms with Crippen molar-refractivity contribution in [1.82, 2.24) is 15.5 Å². The smallest absolute Gasteiger partial charge is 0.253 e. The molecule has 0 radical (unpaired) electrons. The van der Waals surface area contributed by atoms with Crippen LogP contribution >= 0.6 is 0 Å². The number of carbonyl (C=O) groups excluding carboxylic acids is 1. The molecule has 2 aromatic carbocycles. The lowest BCUT2D eigenvalue weighted by atomic mass is 9.97. The Balaban J connectivity index is 1.51. The van der Waals surface area contributed by atoms with Crippen LogP contribution in [-0.2, 0) is 18.6 Å². The van der Waals surface area contributed by atoms with E-state index in [2.05, 4.69) is 15.5 Å². The molecule has 31 heavy (non-hydrogen) atoms. The van der Waals surface area contributed by atoms with Gasteiger partial charge in [-0.2, -0.15) is 0 Å². The lowest BCUT2D eigenvalue weighted by Gasteiger charge is -2.18. The zero-order valence-electron chi connectivity index (χ0n) is 17.8. The monoisotopic (exact) mass is 415 g/mol. The Kier molecular flexibility index (Phi) is 5.57. The molecule has 2 aromatic heterocycles. The minimum atomic E-state index is -0.892. The lowest BCUT2D eigenvalue weighted by Crippen LogP contribution is -2.24. The average molecular weight is 415 g/mol. The van der Waals surface area contributed by atoms with Crippen LogP contribution in [0.5, 0.6) is 0 Å². The third-order valence-electron chi connectivity index (χ3n) is 5.37. The molecule has 1 amide bonds. The summed E-state index contributed by atoms with van der Waals surface area (Å²) in [6.07, 6.45) is 2.16. The lowest BCUT2D eigenvalue weighted by molar-refractivity contribution is 0.0785. The molecule has 0 aliphatic carbocycles. The zero-order valence-corrected chi connectivity index (χ0v) is 17.8. The van der Waals surface area contributed by atoms with E-state index in [1.54, 1.807) is 32.2 Å². The second-order valence-corrected chi connectivity index (χ2v) is 8.17. The van der Waals surface area contributed by atoms with Gasteiger partial charge in [0, 0.05) is 30.1 Å². The standard InChI is InChI=1S/C25H25N3O3/c1-16-20-7-4-6-18(23(20)31-28-16)14-22-21(8-5-13-26-22)24(29)27-15-17-9-11-19(12-10-17)25(2,3)30/h4-13,30H,14-15H2,1-3H3,(H,27,29). The van der Waals surface area contributed by atoms with Gasteiger partial charge in [0.15, 0.2) is 5.58 Å². The van der Waals surface area contributed by atoms with Gasteiger partial charge in [-0.05, 0) is 50.1 Å². The molecule has 2 N–H and O–H groups in total. The molecule has 6 heteroatoms. The summed E-state index contributed by atoms with van der Waals surface area (Å²) in [5, 5.41) is 18.1. The number of carbonyl (C=O) groups is 1. The molecule has 0 saturated heterocycles. The first-order chi connectivity index (χ1) is 14.8. The number of nitrogens with zero attached hydrogens (tertiary/aromatic N) is 2. The minimum Gasteiger partial charge on any atom is -0.386 e. The van der Waals surface area contributed by atoms with Crippen molar-refractivity contribution >= 4 is 16.9 Å². The highest BCUT2D eigenvalue weighted by Gasteiger charge is 2.17. The summed E-state index contributed by atoms with van der Waals surface area (Å²) in [7, 11) is 0. The van der Waals surface area contributed by atoms with Crippen molar-refractivity contribution in [3.8, 4) is 0 Å². The van der Waals surface area contributed by atoms with E-state index in [1.807, 2.05) is 49.4 Å². The topological polar surface area (TPSA) is 88.2 Å². The number of aryl methyl sites for hydroxylation is 1. The first-order valence-electron chi connectivity index (χ1n) is 10.2. The second-order valence-electron chi connectivity index (χ2n) is 8.17. The molecule has 2 heterocycles. The largest absolute Gasteiger partial charge is 0.386 e. The number of hydrogen-bond donors (Lipinski definition) is 2. The van der Waals surface area contributed by atoms with Crippen molar-refractivity contribution in [2.75, 3.05) is 0 Å². The van der Waals surface area contributed by atoms with Crippen LogP contribution in [0.4, 0.5) is 0 Å². The van der Waals surface area contributed by atoms with Gasteiger partial charge < -0.3 is 14.9 Å². The van der Waals surface area contributed by atoms with Gasteiger partial charge in [0.05, 0.1) is 22.6 Å². The summed E-state index contributed by atoms with van der Waals surface area (Å²) in [4.78, 5) is 17.3. The molecule has 158 valence electrons. The van der Waals surface area contributed by atoms with E-state index in [0.29, 0.717) is 24.2 Å². The summed E-state index contributed by atoms with van der Waals surface area (Å²) in [5.74, 6) is -0.185. The number of aliphatic hydroxyl groups is 1. The molecule has 0 atom stereocenters. The number of para-hydroxylation sites is 1. The van der Waals surface area contributed by atoms with Crippen LogP contribution in [0.2, 0.25) is 0 Å². The van der Waals surface area contributed by atoms with E-state index in [4.69, 9.17) is 4.52 Å². The highest BCUT2D eigenvalue weighted by Crippen LogP contribution is 2.24. The van der Waals surface area contributed by atoms with Crippen molar-refractivity contribution in [2.45, 2.75) is 39.3 Å². The van der Waals surface area contributed by atoms with Gasteiger partial charge in [0.25, 0.3) is 5.91 Å². The van der Waals surface area contributed by atoms with Gasteiger partial charge in [0.2, 0.25) is 0 Å². The van der Waals surface area contributed by atoms with Crippen LogP contribution in [0.3, 0.4) is 0 Å². The molecule has 6 nitrogen and oxygen atoms in total. The molecule has 4 aromatic rings. The van der Waals surface area contributed by atoms with E-state index in [9.17, 15) is 9.90 Å². The first-order valence-corrected chi connectivity index (χ1v) is 10.2. The third-order valence-corrected chi connectivity index (χ3v) is 5.37. The predicted octanol–water partition coefficient (Wildman–Crippen LogP) is 4.28. The first kappa shape index (κ1) is 20.8. The van der Waals surface area contributed by atoms with Crippen molar-refractivity contribution in [3.63, 3.8) is 0 Å². The Morgan fingerprint density at radius 1 is 1.10 bits per heavy atom. The fourth-order valence-corrected chi connectivity index (χ4v) is 3.55. The molecule has 0 spiro atoms. The average Bonchev–Trinajstić information content (AvgIpc) is 3.14. The van der Waals surface area contributed by atoms with Gasteiger partial charge in [-0.1, -0.05) is 41.6 Å². The van der Waals surface area contributed by atoms with Gasteiger partial charge in [0.1, 0.15) is 0 Å². The Labute approximate surface area is 180 Å². The van der Waals surface area contributed by atoms with Gasteiger partial charge in [-0.15, -0.1) is 0 Å². The van der Waals surface area contributed by atoms with Crippen LogP contribution < -0.4 is 5.32 Å². The molecular formula is C25H25N3O3. The third kappa shape index (κ3) is 4.49. The van der Waals surface area contributed by atoms with E-state index < -0.39 is 5.60 Å². The second kappa shape index (κ2) is 8.32. The van der Waals surface area contributed by atoms with Crippen LogP contribution in [0, 0.1) is 6.92 Å². The summed E-state index contributed by atoms with van der Waals surface area (Å²) < 4.78 is 5.50. The van der Waals surface area contributed by atoms with E-state index in [1.165, 1.54) is 0 Å². The molecule has 0 unspecified atom stereocenters. The van der Waals surface area contributed by atoms with Crippen molar-refractivity contribution in [1.29, 1.82) is 0 Å². The molecule has 0 aliphatic heterocycles. The molecule has 0 bridgehead atoms. The van der Waals surface area contributed by atoms with Crippen molar-refractivity contribution < 1.29 is 14.4 Å². The van der Waals surface area contributed by atoms with Gasteiger partial charge in [-0.25, -0.2) is 0 Å². The predicted molar refractivity (Wildman–Crippen MR) is 119 cm³/mol. The van der Waals surface area contributed by atoms with Gasteiger partial charge >= 0.3 is 0 Å². The van der Waals surface area contributed by atoms with E-state index in [-0.39, 0.29) is 5.91 Å². The molecule has 0 fully saturated rings. The highest BCUT2D eigenvalue weighted by atomic mass is 16.5. The number of hydrogen-bond acceptors (Lipinski definition) is 5. The number of benzene rings is 2. The summed E-state index contributed by atoms with van der Waals surface area (Å²) in [5.41, 5.74) is 4.60. The van der Waals surface area contributed by atoms with Crippen LogP contribution in [0.15, 0.2) is 65.3 Å².